The molecule has 2 aromatic rings. The first-order valence-corrected chi connectivity index (χ1v) is 8.80. The fraction of sp³-hybridized carbons (Fsp3) is 0.333. The Morgan fingerprint density at radius 3 is 2.52 bits per heavy atom. The maximum atomic E-state index is 10.8. The molecule has 0 aliphatic rings. The van der Waals surface area contributed by atoms with Gasteiger partial charge in [-0.25, -0.2) is 4.98 Å². The molecule has 0 fully saturated rings. The van der Waals surface area contributed by atoms with Crippen LogP contribution in [0.15, 0.2) is 40.5 Å². The minimum Gasteiger partial charge on any atom is -0.481 e. The average molecular weight is 322 g/mol. The first-order chi connectivity index (χ1) is 10.0. The number of carboxylic acids is 1. The molecule has 0 unspecified atom stereocenters. The molecule has 0 saturated carbocycles. The highest BCUT2D eigenvalue weighted by Crippen LogP contribution is 2.28. The maximum absolute atomic E-state index is 10.8. The highest BCUT2D eigenvalue weighted by Gasteiger charge is 2.15. The largest absolute Gasteiger partial charge is 0.481 e. The predicted octanol–water partition coefficient (Wildman–Crippen LogP) is 3.89. The summed E-state index contributed by atoms with van der Waals surface area (Å²) >= 11 is 2.94. The zero-order valence-corrected chi connectivity index (χ0v) is 13.9. The number of thioether (sulfide) groups is 2. The van der Waals surface area contributed by atoms with Crippen LogP contribution in [0, 0.1) is 0 Å². The molecule has 1 heterocycles. The van der Waals surface area contributed by atoms with Gasteiger partial charge in [-0.2, -0.15) is 0 Å². The number of carbonyl (C=O) groups is 1. The maximum Gasteiger partial charge on any atom is 0.313 e. The summed E-state index contributed by atoms with van der Waals surface area (Å²) in [6.07, 6.45) is 3.87. The molecule has 1 aromatic heterocycles. The normalized spacial score (nSPS) is 11.0. The summed E-state index contributed by atoms with van der Waals surface area (Å²) in [4.78, 5) is 16.4. The van der Waals surface area contributed by atoms with Crippen molar-refractivity contribution in [2.75, 3.05) is 12.0 Å². The molecule has 1 N–H and O–H groups in total. The van der Waals surface area contributed by atoms with Crippen molar-refractivity contribution >= 4 is 29.5 Å². The third kappa shape index (κ3) is 3.83. The molecule has 0 saturated heterocycles. The van der Waals surface area contributed by atoms with E-state index in [4.69, 9.17) is 5.11 Å². The number of rotatable bonds is 6. The molecule has 4 nitrogen and oxygen atoms in total. The SMILES string of the molecule is CSc1ccc(-n2c(C(C)C)cnc2SCC(=O)O)cc1. The first kappa shape index (κ1) is 16.0. The molecule has 0 radical (unpaired) electrons. The van der Waals surface area contributed by atoms with Crippen LogP contribution in [-0.4, -0.2) is 32.6 Å². The molecule has 0 bridgehead atoms. The van der Waals surface area contributed by atoms with E-state index in [0.717, 1.165) is 16.5 Å². The number of carboxylic acid groups (broad SMARTS) is 1. The number of aromatic nitrogens is 2. The lowest BCUT2D eigenvalue weighted by Crippen LogP contribution is -2.05. The van der Waals surface area contributed by atoms with Crippen LogP contribution in [0.4, 0.5) is 0 Å². The van der Waals surface area contributed by atoms with Gasteiger partial charge < -0.3 is 5.11 Å². The number of nitrogens with zero attached hydrogens (tertiary/aromatic N) is 2. The number of aliphatic carboxylic acids is 1. The van der Waals surface area contributed by atoms with Crippen LogP contribution in [0.25, 0.3) is 5.69 Å². The first-order valence-electron chi connectivity index (χ1n) is 6.59. The van der Waals surface area contributed by atoms with E-state index in [2.05, 4.69) is 31.0 Å². The Morgan fingerprint density at radius 2 is 2.00 bits per heavy atom. The minimum absolute atomic E-state index is 0.0114. The molecule has 21 heavy (non-hydrogen) atoms. The van der Waals surface area contributed by atoms with Crippen LogP contribution in [0.5, 0.6) is 0 Å². The Balaban J connectivity index is 2.41. The van der Waals surface area contributed by atoms with E-state index in [-0.39, 0.29) is 5.75 Å². The average Bonchev–Trinajstić information content (AvgIpc) is 2.89. The summed E-state index contributed by atoms with van der Waals surface area (Å²) in [6, 6.07) is 8.22. The topological polar surface area (TPSA) is 55.1 Å². The summed E-state index contributed by atoms with van der Waals surface area (Å²) in [5.74, 6) is -0.507. The number of hydrogen-bond acceptors (Lipinski definition) is 4. The van der Waals surface area contributed by atoms with E-state index < -0.39 is 5.97 Å². The lowest BCUT2D eigenvalue weighted by atomic mass is 10.1. The van der Waals surface area contributed by atoms with E-state index in [0.29, 0.717) is 5.92 Å². The van der Waals surface area contributed by atoms with Gasteiger partial charge in [0.25, 0.3) is 0 Å². The summed E-state index contributed by atoms with van der Waals surface area (Å²) in [5.41, 5.74) is 2.10. The van der Waals surface area contributed by atoms with Crippen molar-refractivity contribution < 1.29 is 9.90 Å². The van der Waals surface area contributed by atoms with Crippen molar-refractivity contribution in [1.29, 1.82) is 0 Å². The summed E-state index contributed by atoms with van der Waals surface area (Å²) in [7, 11) is 0. The Morgan fingerprint density at radius 1 is 1.33 bits per heavy atom. The fourth-order valence-corrected chi connectivity index (χ4v) is 3.10. The van der Waals surface area contributed by atoms with Gasteiger partial charge in [0.2, 0.25) is 0 Å². The van der Waals surface area contributed by atoms with Gasteiger partial charge in [-0.15, -0.1) is 11.8 Å². The quantitative estimate of drug-likeness (QED) is 0.818. The summed E-state index contributed by atoms with van der Waals surface area (Å²) in [5, 5.41) is 9.58. The Bertz CT molecular complexity index is 621. The Hall–Kier alpha value is -1.40. The molecule has 1 aromatic carbocycles. The molecule has 2 rings (SSSR count). The van der Waals surface area contributed by atoms with Crippen LogP contribution in [0.3, 0.4) is 0 Å². The number of imidazole rings is 1. The van der Waals surface area contributed by atoms with Gasteiger partial charge >= 0.3 is 5.97 Å². The second kappa shape index (κ2) is 7.04. The predicted molar refractivity (Wildman–Crippen MR) is 87.8 cm³/mol. The molecule has 0 atom stereocenters. The van der Waals surface area contributed by atoms with Crippen LogP contribution in [0.1, 0.15) is 25.5 Å². The zero-order chi connectivity index (χ0) is 15.4. The van der Waals surface area contributed by atoms with Crippen molar-refractivity contribution in [3.8, 4) is 5.69 Å². The summed E-state index contributed by atoms with van der Waals surface area (Å²) in [6.45, 7) is 4.21. The molecule has 0 aliphatic carbocycles. The van der Waals surface area contributed by atoms with Gasteiger partial charge in [0.15, 0.2) is 5.16 Å². The van der Waals surface area contributed by atoms with Gasteiger partial charge in [-0.3, -0.25) is 9.36 Å². The van der Waals surface area contributed by atoms with Gasteiger partial charge in [0.1, 0.15) is 0 Å². The van der Waals surface area contributed by atoms with E-state index in [1.807, 2.05) is 29.2 Å². The van der Waals surface area contributed by atoms with Crippen molar-refractivity contribution in [2.45, 2.75) is 29.8 Å². The molecule has 6 heteroatoms. The zero-order valence-electron chi connectivity index (χ0n) is 12.2. The summed E-state index contributed by atoms with van der Waals surface area (Å²) < 4.78 is 2.04. The van der Waals surface area contributed by atoms with E-state index in [1.54, 1.807) is 11.8 Å². The molecule has 0 spiro atoms. The highest BCUT2D eigenvalue weighted by molar-refractivity contribution is 7.99. The lowest BCUT2D eigenvalue weighted by Gasteiger charge is -2.14. The molecule has 112 valence electrons. The van der Waals surface area contributed by atoms with Gasteiger partial charge in [0.05, 0.1) is 11.9 Å². The lowest BCUT2D eigenvalue weighted by molar-refractivity contribution is -0.133. The smallest absolute Gasteiger partial charge is 0.313 e. The molecular formula is C15H18N2O2S2. The fourth-order valence-electron chi connectivity index (χ4n) is 1.97. The molecule has 0 amide bonds. The van der Waals surface area contributed by atoms with E-state index in [1.165, 1.54) is 16.7 Å². The van der Waals surface area contributed by atoms with Crippen molar-refractivity contribution in [2.24, 2.45) is 0 Å². The van der Waals surface area contributed by atoms with Crippen LogP contribution < -0.4 is 0 Å². The van der Waals surface area contributed by atoms with Crippen molar-refractivity contribution in [3.63, 3.8) is 0 Å². The molecule has 0 aliphatic heterocycles. The highest BCUT2D eigenvalue weighted by atomic mass is 32.2. The van der Waals surface area contributed by atoms with Gasteiger partial charge in [-0.05, 0) is 36.4 Å². The van der Waals surface area contributed by atoms with Gasteiger partial charge in [0, 0.05) is 16.3 Å². The third-order valence-corrected chi connectivity index (χ3v) is 4.68. The molecular weight excluding hydrogens is 304 g/mol. The van der Waals surface area contributed by atoms with Gasteiger partial charge in [-0.1, -0.05) is 25.6 Å². The van der Waals surface area contributed by atoms with Crippen molar-refractivity contribution in [1.82, 2.24) is 9.55 Å². The second-order valence-electron chi connectivity index (χ2n) is 4.84. The van der Waals surface area contributed by atoms with E-state index in [9.17, 15) is 4.79 Å². The second-order valence-corrected chi connectivity index (χ2v) is 6.66. The Kier molecular flexibility index (Phi) is 5.36. The number of benzene rings is 1. The minimum atomic E-state index is -0.835. The van der Waals surface area contributed by atoms with Crippen LogP contribution in [-0.2, 0) is 4.79 Å². The standard InChI is InChI=1S/C15H18N2O2S2/c1-10(2)13-8-16-15(21-9-14(18)19)17(13)11-4-6-12(20-3)7-5-11/h4-8,10H,9H2,1-3H3,(H,18,19). The monoisotopic (exact) mass is 322 g/mol. The third-order valence-electron chi connectivity index (χ3n) is 3.00. The van der Waals surface area contributed by atoms with Crippen LogP contribution >= 0.6 is 23.5 Å². The number of hydrogen-bond donors (Lipinski definition) is 1. The van der Waals surface area contributed by atoms with Crippen molar-refractivity contribution in [3.05, 3.63) is 36.2 Å². The Labute approximate surface area is 133 Å². The van der Waals surface area contributed by atoms with E-state index >= 15 is 0 Å². The van der Waals surface area contributed by atoms with Crippen LogP contribution in [0.2, 0.25) is 0 Å².